The van der Waals surface area contributed by atoms with Crippen LogP contribution in [0.15, 0.2) is 18.2 Å². The summed E-state index contributed by atoms with van der Waals surface area (Å²) < 4.78 is 0. The molecule has 0 aliphatic heterocycles. The molecule has 0 aliphatic carbocycles. The summed E-state index contributed by atoms with van der Waals surface area (Å²) in [6, 6.07) is 4.17. The third-order valence-corrected chi connectivity index (χ3v) is 1.29. The standard InChI is InChI=1S/C7H7NO3.NO3.H2O/c8-4-1-2-6(9)5(3-4)7(10)11;2-1(3)4;/h1-3,9H,8H2,(H,10,11);;1H2/q;-1;/p+1. The zero-order chi connectivity index (χ0) is 12.0. The minimum atomic E-state index is -1.75. The van der Waals surface area contributed by atoms with Gasteiger partial charge < -0.3 is 36.7 Å². The Bertz CT molecular complexity index is 375. The van der Waals surface area contributed by atoms with Crippen molar-refractivity contribution in [3.63, 3.8) is 0 Å². The molecule has 0 saturated heterocycles. The topological polar surface area (TPSA) is 183 Å². The molecule has 0 spiro atoms. The zero-order valence-corrected chi connectivity index (χ0v) is 7.91. The lowest BCUT2D eigenvalue weighted by Crippen LogP contribution is -2.40. The number of carbonyl (C=O) groups is 1. The first-order chi connectivity index (χ1) is 6.84. The van der Waals surface area contributed by atoms with Crippen molar-refractivity contribution in [3.05, 3.63) is 39.1 Å². The number of benzene rings is 1. The number of aromatic carboxylic acids is 1. The highest BCUT2D eigenvalue weighted by atomic mass is 16.9. The van der Waals surface area contributed by atoms with Gasteiger partial charge in [-0.2, -0.15) is 0 Å². The van der Waals surface area contributed by atoms with E-state index in [9.17, 15) is 4.79 Å². The van der Waals surface area contributed by atoms with Crippen LogP contribution in [0.2, 0.25) is 0 Å². The lowest BCUT2D eigenvalue weighted by Gasteiger charge is -1.96. The summed E-state index contributed by atoms with van der Waals surface area (Å²) in [4.78, 5) is 18.6. The maximum Gasteiger partial charge on any atom is 0.339 e. The predicted molar refractivity (Wildman–Crippen MR) is 51.6 cm³/mol. The molecular formula is C7H10N2O7. The Balaban J connectivity index is 0. The molecule has 0 amide bonds. The predicted octanol–water partition coefficient (Wildman–Crippen LogP) is -1.10. The van der Waals surface area contributed by atoms with Gasteiger partial charge in [0.2, 0.25) is 0 Å². The van der Waals surface area contributed by atoms with E-state index in [-0.39, 0.29) is 16.8 Å². The van der Waals surface area contributed by atoms with E-state index < -0.39 is 11.1 Å². The second kappa shape index (κ2) is 6.98. The molecule has 0 saturated carbocycles. The highest BCUT2D eigenvalue weighted by Crippen LogP contribution is 2.18. The molecule has 0 aliphatic rings. The number of rotatable bonds is 1. The van der Waals surface area contributed by atoms with Gasteiger partial charge >= 0.3 is 5.97 Å². The Kier molecular flexibility index (Phi) is 7.00. The number of carboxylic acids is 1. The number of quaternary nitrogens is 1. The third kappa shape index (κ3) is 6.12. The number of hydrogen-bond donors (Lipinski definition) is 3. The Labute approximate surface area is 88.8 Å². The number of phenols is 1. The second-order valence-electron chi connectivity index (χ2n) is 2.38. The molecule has 1 aromatic rings. The molecule has 0 bridgehead atoms. The van der Waals surface area contributed by atoms with Crippen molar-refractivity contribution in [3.8, 4) is 5.75 Å². The molecule has 1 aromatic carbocycles. The molecule has 0 heterocycles. The molecule has 0 atom stereocenters. The summed E-state index contributed by atoms with van der Waals surface area (Å²) in [6.07, 6.45) is 0. The SMILES string of the molecule is O.O=[N+]([O-])[O-].[NH3+]c1ccc(O)c(C(=O)O)c1. The van der Waals surface area contributed by atoms with E-state index >= 15 is 0 Å². The van der Waals surface area contributed by atoms with E-state index in [0.717, 1.165) is 0 Å². The molecule has 9 heteroatoms. The molecule has 16 heavy (non-hydrogen) atoms. The molecule has 90 valence electrons. The van der Waals surface area contributed by atoms with E-state index in [0.29, 0.717) is 5.69 Å². The Hall–Kier alpha value is -2.39. The van der Waals surface area contributed by atoms with Gasteiger partial charge in [0.15, 0.2) is 0 Å². The first kappa shape index (κ1) is 16.1. The fourth-order valence-corrected chi connectivity index (χ4v) is 0.754. The van der Waals surface area contributed by atoms with Crippen molar-refractivity contribution in [1.29, 1.82) is 0 Å². The summed E-state index contributed by atoms with van der Waals surface area (Å²) in [5.74, 6) is -1.38. The van der Waals surface area contributed by atoms with E-state index in [1.54, 1.807) is 6.07 Å². The summed E-state index contributed by atoms with van der Waals surface area (Å²) in [5, 5.41) is 32.2. The maximum atomic E-state index is 10.4. The van der Waals surface area contributed by atoms with Gasteiger partial charge in [0, 0.05) is 12.1 Å². The highest BCUT2D eigenvalue weighted by Gasteiger charge is 2.09. The Morgan fingerprint density at radius 3 is 2.12 bits per heavy atom. The minimum Gasteiger partial charge on any atom is -0.507 e. The summed E-state index contributed by atoms with van der Waals surface area (Å²) in [7, 11) is 0. The first-order valence-corrected chi connectivity index (χ1v) is 3.54. The Morgan fingerprint density at radius 2 is 1.81 bits per heavy atom. The second-order valence-corrected chi connectivity index (χ2v) is 2.38. The number of carboxylic acid groups (broad SMARTS) is 1. The molecule has 1 rings (SSSR count). The van der Waals surface area contributed by atoms with E-state index in [2.05, 4.69) is 5.73 Å². The van der Waals surface area contributed by atoms with Crippen molar-refractivity contribution in [2.45, 2.75) is 0 Å². The van der Waals surface area contributed by atoms with Crippen LogP contribution in [0.3, 0.4) is 0 Å². The minimum absolute atomic E-state index is 0. The van der Waals surface area contributed by atoms with Crippen LogP contribution in [-0.2, 0) is 0 Å². The summed E-state index contributed by atoms with van der Waals surface area (Å²) >= 11 is 0. The highest BCUT2D eigenvalue weighted by molar-refractivity contribution is 5.91. The monoisotopic (exact) mass is 234 g/mol. The molecule has 0 aromatic heterocycles. The molecule has 0 unspecified atom stereocenters. The van der Waals surface area contributed by atoms with E-state index in [1.807, 2.05) is 0 Å². The Morgan fingerprint density at radius 1 is 1.38 bits per heavy atom. The van der Waals surface area contributed by atoms with Crippen LogP contribution >= 0.6 is 0 Å². The first-order valence-electron chi connectivity index (χ1n) is 3.54. The molecule has 0 fully saturated rings. The average Bonchev–Trinajstić information content (AvgIpc) is 2.08. The fourth-order valence-electron chi connectivity index (χ4n) is 0.754. The van der Waals surface area contributed by atoms with E-state index in [1.165, 1.54) is 12.1 Å². The van der Waals surface area contributed by atoms with Gasteiger partial charge in [-0.05, 0) is 6.07 Å². The zero-order valence-electron chi connectivity index (χ0n) is 7.91. The summed E-state index contributed by atoms with van der Waals surface area (Å²) in [5.41, 5.74) is 3.99. The van der Waals surface area contributed by atoms with Crippen molar-refractivity contribution in [1.82, 2.24) is 0 Å². The largest absolute Gasteiger partial charge is 0.507 e. The van der Waals surface area contributed by atoms with Crippen LogP contribution < -0.4 is 5.73 Å². The molecule has 7 N–H and O–H groups in total. The number of hydrogen-bond acceptors (Lipinski definition) is 5. The van der Waals surface area contributed by atoms with Crippen LogP contribution in [0.25, 0.3) is 0 Å². The third-order valence-electron chi connectivity index (χ3n) is 1.29. The van der Waals surface area contributed by atoms with Crippen LogP contribution in [0, 0.1) is 15.3 Å². The average molecular weight is 234 g/mol. The van der Waals surface area contributed by atoms with Gasteiger partial charge in [-0.1, -0.05) is 0 Å². The maximum absolute atomic E-state index is 10.4. The smallest absolute Gasteiger partial charge is 0.339 e. The number of aromatic hydroxyl groups is 1. The van der Waals surface area contributed by atoms with Gasteiger partial charge in [0.25, 0.3) is 0 Å². The lowest BCUT2D eigenvalue weighted by atomic mass is 10.2. The molecule has 0 radical (unpaired) electrons. The van der Waals surface area contributed by atoms with Gasteiger partial charge in [-0.3, -0.25) is 0 Å². The molecular weight excluding hydrogens is 224 g/mol. The van der Waals surface area contributed by atoms with Crippen molar-refractivity contribution < 1.29 is 31.3 Å². The lowest BCUT2D eigenvalue weighted by molar-refractivity contribution is -0.402. The van der Waals surface area contributed by atoms with Crippen LogP contribution in [0.5, 0.6) is 5.75 Å². The fraction of sp³-hybridized carbons (Fsp3) is 0. The van der Waals surface area contributed by atoms with Crippen molar-refractivity contribution in [2.75, 3.05) is 0 Å². The van der Waals surface area contributed by atoms with Crippen LogP contribution in [0.4, 0.5) is 5.69 Å². The summed E-state index contributed by atoms with van der Waals surface area (Å²) in [6.45, 7) is 0. The van der Waals surface area contributed by atoms with Crippen LogP contribution in [0.1, 0.15) is 10.4 Å². The van der Waals surface area contributed by atoms with Gasteiger partial charge in [0.05, 0.1) is 5.09 Å². The normalized spacial score (nSPS) is 8.06. The quantitative estimate of drug-likeness (QED) is 0.409. The van der Waals surface area contributed by atoms with Gasteiger partial charge in [-0.15, -0.1) is 0 Å². The van der Waals surface area contributed by atoms with E-state index in [4.69, 9.17) is 25.5 Å². The van der Waals surface area contributed by atoms with Crippen molar-refractivity contribution in [2.24, 2.45) is 0 Å². The van der Waals surface area contributed by atoms with Gasteiger partial charge in [0.1, 0.15) is 17.0 Å². The van der Waals surface area contributed by atoms with Crippen LogP contribution in [-0.4, -0.2) is 26.7 Å². The molecule has 9 nitrogen and oxygen atoms in total. The van der Waals surface area contributed by atoms with Crippen molar-refractivity contribution >= 4 is 11.7 Å². The van der Waals surface area contributed by atoms with Gasteiger partial charge in [-0.25, -0.2) is 4.79 Å². The number of nitrogens with zero attached hydrogens (tertiary/aromatic N) is 1.